The first kappa shape index (κ1) is 34.6. The third-order valence-electron chi connectivity index (χ3n) is 7.44. The minimum Gasteiger partial charge on any atom is -0.483 e. The van der Waals surface area contributed by atoms with E-state index in [-0.39, 0.29) is 12.5 Å². The van der Waals surface area contributed by atoms with Gasteiger partial charge in [0.2, 0.25) is 5.91 Å². The number of hydrogen-bond donors (Lipinski definition) is 4. The van der Waals surface area contributed by atoms with Crippen LogP contribution in [0.4, 0.5) is 32.2 Å². The molecule has 2 atom stereocenters. The quantitative estimate of drug-likeness (QED) is 0.221. The molecule has 1 amide bonds. The number of carboxylic acids is 1. The van der Waals surface area contributed by atoms with E-state index >= 15 is 0 Å². The highest BCUT2D eigenvalue weighted by Gasteiger charge is 2.38. The SMILES string of the molecule is O=C(O)CC(NC(=O)[C@@H]1CCCN(CCCc2ccc3c(n2)NCCC3)C1)c1cc(C(F)(F)F)cc(C(F)(F)F)c1.O=CO. The molecule has 44 heavy (non-hydrogen) atoms. The zero-order valence-electron chi connectivity index (χ0n) is 23.7. The number of carbonyl (C=O) groups excluding carboxylic acids is 1. The second-order valence-corrected chi connectivity index (χ2v) is 10.7. The first-order valence-electron chi connectivity index (χ1n) is 14.1. The Kier molecular flexibility index (Phi) is 12.0. The summed E-state index contributed by atoms with van der Waals surface area (Å²) in [5.41, 5.74) is -1.55. The number of hydrogen-bond acceptors (Lipinski definition) is 6. The molecular weight excluding hydrogens is 598 g/mol. The zero-order chi connectivity index (χ0) is 32.5. The van der Waals surface area contributed by atoms with Crippen molar-refractivity contribution in [1.29, 1.82) is 0 Å². The van der Waals surface area contributed by atoms with Crippen LogP contribution in [0.15, 0.2) is 30.3 Å². The number of fused-ring (bicyclic) bond motifs is 1. The number of amides is 1. The number of halogens is 6. The molecule has 1 unspecified atom stereocenters. The predicted octanol–water partition coefficient (Wildman–Crippen LogP) is 5.15. The Labute approximate surface area is 249 Å². The number of likely N-dealkylation sites (tertiary alicyclic amines) is 1. The van der Waals surface area contributed by atoms with Crippen molar-refractivity contribution < 1.29 is 50.9 Å². The van der Waals surface area contributed by atoms with Crippen LogP contribution >= 0.6 is 0 Å². The van der Waals surface area contributed by atoms with Gasteiger partial charge in [-0.25, -0.2) is 4.98 Å². The lowest BCUT2D eigenvalue weighted by Crippen LogP contribution is -2.44. The molecule has 9 nitrogen and oxygen atoms in total. The van der Waals surface area contributed by atoms with Crippen LogP contribution < -0.4 is 10.6 Å². The van der Waals surface area contributed by atoms with Gasteiger partial charge in [-0.2, -0.15) is 26.3 Å². The van der Waals surface area contributed by atoms with E-state index < -0.39 is 59.3 Å². The summed E-state index contributed by atoms with van der Waals surface area (Å²) in [5, 5.41) is 21.9. The molecule has 242 valence electrons. The monoisotopic (exact) mass is 632 g/mol. The van der Waals surface area contributed by atoms with E-state index in [9.17, 15) is 41.0 Å². The molecule has 3 heterocycles. The number of aromatic nitrogens is 1. The van der Waals surface area contributed by atoms with Gasteiger partial charge in [0.25, 0.3) is 6.47 Å². The van der Waals surface area contributed by atoms with Crippen molar-refractivity contribution in [3.05, 3.63) is 58.3 Å². The molecule has 1 aromatic carbocycles. The molecule has 0 bridgehead atoms. The summed E-state index contributed by atoms with van der Waals surface area (Å²) >= 11 is 0. The van der Waals surface area contributed by atoms with Gasteiger partial charge >= 0.3 is 18.3 Å². The van der Waals surface area contributed by atoms with E-state index in [0.29, 0.717) is 38.1 Å². The number of rotatable bonds is 9. The average Bonchev–Trinajstić information content (AvgIpc) is 2.96. The molecule has 0 spiro atoms. The van der Waals surface area contributed by atoms with Crippen molar-refractivity contribution >= 4 is 24.2 Å². The Morgan fingerprint density at radius 1 is 1.09 bits per heavy atom. The number of benzene rings is 1. The van der Waals surface area contributed by atoms with Crippen molar-refractivity contribution in [3.63, 3.8) is 0 Å². The van der Waals surface area contributed by atoms with Gasteiger partial charge in [0.05, 0.1) is 29.5 Å². The molecule has 4 rings (SSSR count). The van der Waals surface area contributed by atoms with Gasteiger partial charge in [0, 0.05) is 18.8 Å². The highest BCUT2D eigenvalue weighted by atomic mass is 19.4. The topological polar surface area (TPSA) is 132 Å². The number of nitrogens with one attached hydrogen (secondary N) is 2. The fourth-order valence-corrected chi connectivity index (χ4v) is 5.36. The first-order chi connectivity index (χ1) is 20.7. The predicted molar refractivity (Wildman–Crippen MR) is 147 cm³/mol. The lowest BCUT2D eigenvalue weighted by atomic mass is 9.94. The second kappa shape index (κ2) is 15.2. The average molecular weight is 633 g/mol. The summed E-state index contributed by atoms with van der Waals surface area (Å²) in [7, 11) is 0. The molecule has 0 saturated carbocycles. The fraction of sp³-hybridized carbons (Fsp3) is 0.517. The van der Waals surface area contributed by atoms with Gasteiger partial charge in [-0.05, 0) is 87.0 Å². The van der Waals surface area contributed by atoms with E-state index in [1.165, 1.54) is 5.56 Å². The summed E-state index contributed by atoms with van der Waals surface area (Å²) in [5.74, 6) is -1.74. The molecule has 2 aromatic rings. The van der Waals surface area contributed by atoms with Crippen LogP contribution in [-0.2, 0) is 39.6 Å². The molecule has 15 heteroatoms. The van der Waals surface area contributed by atoms with Gasteiger partial charge < -0.3 is 25.7 Å². The van der Waals surface area contributed by atoms with Crippen molar-refractivity contribution in [2.24, 2.45) is 5.92 Å². The van der Waals surface area contributed by atoms with Gasteiger partial charge in [-0.1, -0.05) is 6.07 Å². The number of piperidine rings is 1. The lowest BCUT2D eigenvalue weighted by molar-refractivity contribution is -0.143. The van der Waals surface area contributed by atoms with Crippen LogP contribution in [0.25, 0.3) is 0 Å². The summed E-state index contributed by atoms with van der Waals surface area (Å²) in [6, 6.07) is 3.42. The molecule has 2 aliphatic rings. The number of nitrogens with zero attached hydrogens (tertiary/aromatic N) is 2. The van der Waals surface area contributed by atoms with Crippen molar-refractivity contribution in [3.8, 4) is 0 Å². The van der Waals surface area contributed by atoms with Crippen LogP contribution in [0.1, 0.15) is 66.1 Å². The Hall–Kier alpha value is -3.88. The highest BCUT2D eigenvalue weighted by Crippen LogP contribution is 2.38. The maximum atomic E-state index is 13.4. The van der Waals surface area contributed by atoms with Gasteiger partial charge in [-0.3, -0.25) is 14.4 Å². The van der Waals surface area contributed by atoms with Crippen LogP contribution in [0.3, 0.4) is 0 Å². The highest BCUT2D eigenvalue weighted by molar-refractivity contribution is 5.80. The van der Waals surface area contributed by atoms with E-state index in [0.717, 1.165) is 50.3 Å². The van der Waals surface area contributed by atoms with Gasteiger partial charge in [0.15, 0.2) is 0 Å². The number of aliphatic carboxylic acids is 1. The summed E-state index contributed by atoms with van der Waals surface area (Å²) < 4.78 is 80.2. The first-order valence-corrected chi connectivity index (χ1v) is 14.1. The lowest BCUT2D eigenvalue weighted by Gasteiger charge is -2.33. The van der Waals surface area contributed by atoms with E-state index in [2.05, 4.69) is 26.6 Å². The maximum Gasteiger partial charge on any atom is 0.416 e. The third-order valence-corrected chi connectivity index (χ3v) is 7.44. The standard InChI is InChI=1S/C28H32F6N4O3.CH2O2/c29-27(30,31)20-12-19(13-21(14-20)28(32,33)34)23(15-24(39)40)37-26(41)18-5-2-10-38(16-18)11-3-6-22-8-7-17-4-1-9-35-25(17)36-22;2-1-3/h7-8,12-14,18,23H,1-6,9-11,15-16H2,(H,35,36)(H,37,41)(H,39,40);1H,(H,2,3)/t18-,23?;/m1./s1. The van der Waals surface area contributed by atoms with Gasteiger partial charge in [0.1, 0.15) is 5.82 Å². The smallest absolute Gasteiger partial charge is 0.416 e. The van der Waals surface area contributed by atoms with Crippen molar-refractivity contribution in [2.75, 3.05) is 31.5 Å². The molecule has 1 saturated heterocycles. The third kappa shape index (κ3) is 10.1. The number of alkyl halides is 6. The molecule has 4 N–H and O–H groups in total. The fourth-order valence-electron chi connectivity index (χ4n) is 5.36. The van der Waals surface area contributed by atoms with Crippen molar-refractivity contribution in [1.82, 2.24) is 15.2 Å². The van der Waals surface area contributed by atoms with Crippen LogP contribution in [0, 0.1) is 5.92 Å². The number of carbonyl (C=O) groups is 3. The molecule has 0 aliphatic carbocycles. The van der Waals surface area contributed by atoms with E-state index in [1.807, 2.05) is 6.07 Å². The summed E-state index contributed by atoms with van der Waals surface area (Å²) in [6.07, 6.45) is -6.33. The van der Waals surface area contributed by atoms with E-state index in [4.69, 9.17) is 9.90 Å². The molecule has 0 radical (unpaired) electrons. The minimum absolute atomic E-state index is 0.0294. The number of anilines is 1. The van der Waals surface area contributed by atoms with Crippen LogP contribution in [0.5, 0.6) is 0 Å². The number of pyridine rings is 1. The van der Waals surface area contributed by atoms with E-state index in [1.54, 1.807) is 0 Å². The molecule has 1 aromatic heterocycles. The Morgan fingerprint density at radius 2 is 1.75 bits per heavy atom. The minimum atomic E-state index is -5.09. The summed E-state index contributed by atoms with van der Waals surface area (Å²) in [4.78, 5) is 39.7. The largest absolute Gasteiger partial charge is 0.483 e. The number of aryl methyl sites for hydroxylation is 2. The maximum absolute atomic E-state index is 13.4. The van der Waals surface area contributed by atoms with Crippen LogP contribution in [-0.4, -0.2) is 64.6 Å². The Morgan fingerprint density at radius 3 is 2.36 bits per heavy atom. The zero-order valence-corrected chi connectivity index (χ0v) is 23.7. The molecular formula is C29H34F6N4O5. The van der Waals surface area contributed by atoms with Crippen LogP contribution in [0.2, 0.25) is 0 Å². The van der Waals surface area contributed by atoms with Gasteiger partial charge in [-0.15, -0.1) is 0 Å². The Balaban J connectivity index is 0.00000169. The van der Waals surface area contributed by atoms with Crippen molar-refractivity contribution in [2.45, 2.75) is 63.3 Å². The summed E-state index contributed by atoms with van der Waals surface area (Å²) in [6.45, 7) is 2.41. The molecule has 1 fully saturated rings. The second-order valence-electron chi connectivity index (χ2n) is 10.7. The Bertz CT molecular complexity index is 1270. The number of carboxylic acid groups (broad SMARTS) is 2. The molecule has 2 aliphatic heterocycles. The normalized spacial score (nSPS) is 17.7.